The summed E-state index contributed by atoms with van der Waals surface area (Å²) in [4.78, 5) is 16.4. The first kappa shape index (κ1) is 14.5. The quantitative estimate of drug-likeness (QED) is 0.681. The Hall–Kier alpha value is -0.610. The number of esters is 1. The summed E-state index contributed by atoms with van der Waals surface area (Å²) < 4.78 is 5.09. The number of carbonyl (C=O) groups is 1. The highest BCUT2D eigenvalue weighted by molar-refractivity contribution is 5.71. The molecule has 100 valence electrons. The number of hydrogen-bond donors (Lipinski definition) is 0. The van der Waals surface area contributed by atoms with Gasteiger partial charge in [-0.15, -0.1) is 0 Å². The number of nitrogens with zero attached hydrogens (tertiary/aromatic N) is 2. The Morgan fingerprint density at radius 1 is 1.29 bits per heavy atom. The lowest BCUT2D eigenvalue weighted by atomic mass is 9.83. The first-order chi connectivity index (χ1) is 8.04. The van der Waals surface area contributed by atoms with Crippen LogP contribution in [0.3, 0.4) is 0 Å². The van der Waals surface area contributed by atoms with E-state index in [1.807, 2.05) is 6.92 Å². The molecule has 0 aromatic carbocycles. The van der Waals surface area contributed by atoms with E-state index >= 15 is 0 Å². The van der Waals surface area contributed by atoms with Gasteiger partial charge in [-0.25, -0.2) is 0 Å². The molecule has 0 radical (unpaired) electrons. The summed E-state index contributed by atoms with van der Waals surface area (Å²) in [6.45, 7) is 7.78. The van der Waals surface area contributed by atoms with E-state index in [0.29, 0.717) is 13.0 Å². The van der Waals surface area contributed by atoms with Gasteiger partial charge < -0.3 is 14.5 Å². The van der Waals surface area contributed by atoms with Crippen LogP contribution < -0.4 is 0 Å². The van der Waals surface area contributed by atoms with Gasteiger partial charge in [0, 0.05) is 5.54 Å². The van der Waals surface area contributed by atoms with Crippen LogP contribution in [0.15, 0.2) is 0 Å². The highest BCUT2D eigenvalue weighted by atomic mass is 16.5. The van der Waals surface area contributed by atoms with Crippen molar-refractivity contribution < 1.29 is 9.53 Å². The normalized spacial score (nSPS) is 20.5. The van der Waals surface area contributed by atoms with E-state index in [-0.39, 0.29) is 11.5 Å². The predicted octanol–water partition coefficient (Wildman–Crippen LogP) is 1.36. The van der Waals surface area contributed by atoms with Gasteiger partial charge in [-0.2, -0.15) is 0 Å². The minimum absolute atomic E-state index is 0.00206. The van der Waals surface area contributed by atoms with Crippen LogP contribution in [0.25, 0.3) is 0 Å². The summed E-state index contributed by atoms with van der Waals surface area (Å²) in [6.07, 6.45) is 2.62. The third-order valence-corrected chi connectivity index (χ3v) is 3.96. The number of hydrogen-bond acceptors (Lipinski definition) is 4. The summed E-state index contributed by atoms with van der Waals surface area (Å²) in [5, 5.41) is 0. The molecular formula is C13H26N2O2. The largest absolute Gasteiger partial charge is 0.466 e. The lowest BCUT2D eigenvalue weighted by Crippen LogP contribution is -2.53. The van der Waals surface area contributed by atoms with Gasteiger partial charge in [-0.1, -0.05) is 6.92 Å². The van der Waals surface area contributed by atoms with Gasteiger partial charge in [0.15, 0.2) is 0 Å². The Bertz CT molecular complexity index is 246. The van der Waals surface area contributed by atoms with Crippen LogP contribution in [0, 0.1) is 0 Å². The highest BCUT2D eigenvalue weighted by Gasteiger charge is 2.38. The lowest BCUT2D eigenvalue weighted by molar-refractivity contribution is -0.147. The van der Waals surface area contributed by atoms with Crippen molar-refractivity contribution in [2.75, 3.05) is 40.3 Å². The van der Waals surface area contributed by atoms with Crippen LogP contribution in [0.2, 0.25) is 0 Å². The molecule has 1 rings (SSSR count). The molecule has 0 unspecified atom stereocenters. The van der Waals surface area contributed by atoms with Crippen LogP contribution in [-0.2, 0) is 9.53 Å². The zero-order valence-corrected chi connectivity index (χ0v) is 11.7. The summed E-state index contributed by atoms with van der Waals surface area (Å²) in [5.41, 5.74) is -0.00206. The van der Waals surface area contributed by atoms with Crippen molar-refractivity contribution in [2.45, 2.75) is 38.6 Å². The minimum Gasteiger partial charge on any atom is -0.466 e. The summed E-state index contributed by atoms with van der Waals surface area (Å²) >= 11 is 0. The maximum Gasteiger partial charge on any atom is 0.307 e. The third kappa shape index (κ3) is 3.68. The first-order valence-electron chi connectivity index (χ1n) is 6.59. The molecule has 4 nitrogen and oxygen atoms in total. The Labute approximate surface area is 105 Å². The number of ether oxygens (including phenoxy) is 1. The van der Waals surface area contributed by atoms with Crippen molar-refractivity contribution in [3.8, 4) is 0 Å². The van der Waals surface area contributed by atoms with Crippen molar-refractivity contribution in [3.05, 3.63) is 0 Å². The summed E-state index contributed by atoms with van der Waals surface area (Å²) in [6, 6.07) is 0. The van der Waals surface area contributed by atoms with Crippen molar-refractivity contribution in [3.63, 3.8) is 0 Å². The molecule has 0 aromatic heterocycles. The average Bonchev–Trinajstić information content (AvgIpc) is 2.30. The molecule has 0 spiro atoms. The maximum absolute atomic E-state index is 11.7. The van der Waals surface area contributed by atoms with Gasteiger partial charge in [0.05, 0.1) is 13.0 Å². The molecule has 0 N–H and O–H groups in total. The molecule has 0 aromatic rings. The fraction of sp³-hybridized carbons (Fsp3) is 0.923. The van der Waals surface area contributed by atoms with E-state index in [0.717, 1.165) is 32.5 Å². The Balaban J connectivity index is 2.62. The Kier molecular flexibility index (Phi) is 5.40. The van der Waals surface area contributed by atoms with Gasteiger partial charge in [-0.05, 0) is 53.5 Å². The monoisotopic (exact) mass is 242 g/mol. The lowest BCUT2D eigenvalue weighted by Gasteiger charge is -2.45. The van der Waals surface area contributed by atoms with Gasteiger partial charge in [0.2, 0.25) is 0 Å². The zero-order valence-electron chi connectivity index (χ0n) is 11.7. The first-order valence-corrected chi connectivity index (χ1v) is 6.59. The molecular weight excluding hydrogens is 216 g/mol. The molecule has 0 amide bonds. The van der Waals surface area contributed by atoms with Crippen molar-refractivity contribution in [1.29, 1.82) is 0 Å². The summed E-state index contributed by atoms with van der Waals surface area (Å²) in [7, 11) is 4.14. The van der Waals surface area contributed by atoms with Crippen LogP contribution >= 0.6 is 0 Å². The van der Waals surface area contributed by atoms with Crippen LogP contribution in [0.1, 0.15) is 33.1 Å². The molecule has 1 fully saturated rings. The second-order valence-electron chi connectivity index (χ2n) is 5.03. The fourth-order valence-electron chi connectivity index (χ4n) is 2.55. The van der Waals surface area contributed by atoms with Crippen molar-refractivity contribution in [1.82, 2.24) is 9.80 Å². The number of carbonyl (C=O) groups excluding carboxylic acids is 1. The number of piperidine rings is 1. The standard InChI is InChI=1S/C13H26N2O2/c1-5-15-9-7-13(8-10-15,14(3)4)11-12(16)17-6-2/h5-11H2,1-4H3. The molecule has 1 saturated heterocycles. The molecule has 17 heavy (non-hydrogen) atoms. The van der Waals surface area contributed by atoms with E-state index in [1.54, 1.807) is 0 Å². The number of rotatable bonds is 5. The highest BCUT2D eigenvalue weighted by Crippen LogP contribution is 2.30. The van der Waals surface area contributed by atoms with Crippen LogP contribution in [0.5, 0.6) is 0 Å². The topological polar surface area (TPSA) is 32.8 Å². The molecule has 0 atom stereocenters. The van der Waals surface area contributed by atoms with Crippen LogP contribution in [0.4, 0.5) is 0 Å². The third-order valence-electron chi connectivity index (χ3n) is 3.96. The fourth-order valence-corrected chi connectivity index (χ4v) is 2.55. The molecule has 1 heterocycles. The zero-order chi connectivity index (χ0) is 12.9. The van der Waals surface area contributed by atoms with E-state index in [1.165, 1.54) is 0 Å². The molecule has 1 aliphatic rings. The minimum atomic E-state index is -0.0638. The average molecular weight is 242 g/mol. The molecule has 4 heteroatoms. The molecule has 0 aliphatic carbocycles. The van der Waals surface area contributed by atoms with Crippen LogP contribution in [-0.4, -0.2) is 61.6 Å². The van der Waals surface area contributed by atoms with Gasteiger partial charge in [0.1, 0.15) is 0 Å². The molecule has 1 aliphatic heterocycles. The van der Waals surface area contributed by atoms with E-state index in [2.05, 4.69) is 30.8 Å². The second-order valence-corrected chi connectivity index (χ2v) is 5.03. The van der Waals surface area contributed by atoms with Gasteiger partial charge >= 0.3 is 5.97 Å². The van der Waals surface area contributed by atoms with E-state index in [9.17, 15) is 4.79 Å². The molecule has 0 bridgehead atoms. The van der Waals surface area contributed by atoms with E-state index < -0.39 is 0 Å². The predicted molar refractivity (Wildman–Crippen MR) is 69.0 cm³/mol. The van der Waals surface area contributed by atoms with Crippen molar-refractivity contribution in [2.24, 2.45) is 0 Å². The van der Waals surface area contributed by atoms with E-state index in [4.69, 9.17) is 4.74 Å². The smallest absolute Gasteiger partial charge is 0.307 e. The maximum atomic E-state index is 11.7. The SMILES string of the molecule is CCOC(=O)CC1(N(C)C)CCN(CC)CC1. The van der Waals surface area contributed by atoms with Crippen molar-refractivity contribution >= 4 is 5.97 Å². The van der Waals surface area contributed by atoms with Gasteiger partial charge in [-0.3, -0.25) is 4.79 Å². The molecule has 0 saturated carbocycles. The number of likely N-dealkylation sites (tertiary alicyclic amines) is 1. The Morgan fingerprint density at radius 3 is 2.29 bits per heavy atom. The van der Waals surface area contributed by atoms with Gasteiger partial charge in [0.25, 0.3) is 0 Å². The summed E-state index contributed by atoms with van der Waals surface area (Å²) in [5.74, 6) is -0.0638. The second kappa shape index (κ2) is 6.36. The Morgan fingerprint density at radius 2 is 1.88 bits per heavy atom.